The molecule has 3 nitrogen and oxygen atoms in total. The number of nitrogens with two attached hydrogens (primary N) is 1. The van der Waals surface area contributed by atoms with E-state index in [0.717, 1.165) is 30.0 Å². The van der Waals surface area contributed by atoms with E-state index in [4.69, 9.17) is 17.3 Å². The molecule has 0 radical (unpaired) electrons. The minimum absolute atomic E-state index is 0.117. The Morgan fingerprint density at radius 2 is 2.21 bits per heavy atom. The Morgan fingerprint density at radius 3 is 2.84 bits per heavy atom. The molecule has 0 aliphatic carbocycles. The molecule has 2 N–H and O–H groups in total. The summed E-state index contributed by atoms with van der Waals surface area (Å²) in [6, 6.07) is 7.82. The highest BCUT2D eigenvalue weighted by molar-refractivity contribution is 6.30. The van der Waals surface area contributed by atoms with Crippen LogP contribution in [0, 0.1) is 5.92 Å². The zero-order valence-electron chi connectivity index (χ0n) is 11.5. The van der Waals surface area contributed by atoms with Crippen molar-refractivity contribution >= 4 is 17.5 Å². The number of amides is 1. The molecule has 0 aromatic heterocycles. The molecule has 1 aliphatic heterocycles. The summed E-state index contributed by atoms with van der Waals surface area (Å²) in [5.41, 5.74) is 6.96. The van der Waals surface area contributed by atoms with Crippen LogP contribution in [-0.4, -0.2) is 23.4 Å². The maximum atomic E-state index is 12.5. The smallest absolute Gasteiger partial charge is 0.227 e. The van der Waals surface area contributed by atoms with Crippen LogP contribution in [0.3, 0.4) is 0 Å². The molecule has 1 aromatic carbocycles. The second-order valence-electron chi connectivity index (χ2n) is 5.39. The first-order valence-electron chi connectivity index (χ1n) is 6.82. The van der Waals surface area contributed by atoms with Gasteiger partial charge >= 0.3 is 0 Å². The summed E-state index contributed by atoms with van der Waals surface area (Å²) in [6.45, 7) is 4.60. The van der Waals surface area contributed by atoms with Crippen LogP contribution in [0.5, 0.6) is 0 Å². The number of likely N-dealkylation sites (tertiary alicyclic amines) is 1. The summed E-state index contributed by atoms with van der Waals surface area (Å²) in [6.07, 6.45) is 2.03. The average molecular weight is 281 g/mol. The van der Waals surface area contributed by atoms with E-state index >= 15 is 0 Å². The fourth-order valence-corrected chi connectivity index (χ4v) is 2.78. The summed E-state index contributed by atoms with van der Waals surface area (Å²) in [4.78, 5) is 14.4. The Balaban J connectivity index is 2.19. The molecular weight excluding hydrogens is 260 g/mol. The average Bonchev–Trinajstić information content (AvgIpc) is 2.86. The monoisotopic (exact) mass is 280 g/mol. The molecule has 0 saturated carbocycles. The third kappa shape index (κ3) is 3.10. The Labute approximate surface area is 119 Å². The molecule has 3 unspecified atom stereocenters. The number of halogens is 1. The van der Waals surface area contributed by atoms with E-state index in [0.29, 0.717) is 0 Å². The molecule has 1 aromatic rings. The van der Waals surface area contributed by atoms with Crippen molar-refractivity contribution in [2.45, 2.75) is 38.8 Å². The number of hydrogen-bond acceptors (Lipinski definition) is 2. The molecule has 1 amide bonds. The first-order chi connectivity index (χ1) is 9.00. The van der Waals surface area contributed by atoms with Gasteiger partial charge in [-0.3, -0.25) is 4.79 Å². The van der Waals surface area contributed by atoms with Crippen LogP contribution in [0.1, 0.15) is 38.3 Å². The van der Waals surface area contributed by atoms with Gasteiger partial charge in [-0.25, -0.2) is 0 Å². The lowest BCUT2D eigenvalue weighted by atomic mass is 10.00. The largest absolute Gasteiger partial charge is 0.335 e. The fraction of sp³-hybridized carbons (Fsp3) is 0.533. The van der Waals surface area contributed by atoms with Gasteiger partial charge in [0.25, 0.3) is 0 Å². The second kappa shape index (κ2) is 5.93. The van der Waals surface area contributed by atoms with Crippen molar-refractivity contribution in [3.8, 4) is 0 Å². The Kier molecular flexibility index (Phi) is 4.48. The van der Waals surface area contributed by atoms with Crippen LogP contribution < -0.4 is 5.73 Å². The van der Waals surface area contributed by atoms with Crippen molar-refractivity contribution in [2.24, 2.45) is 11.7 Å². The zero-order chi connectivity index (χ0) is 14.0. The molecule has 1 aliphatic rings. The number of nitrogens with zero attached hydrogens (tertiary/aromatic N) is 1. The van der Waals surface area contributed by atoms with Crippen LogP contribution in [0.15, 0.2) is 24.3 Å². The van der Waals surface area contributed by atoms with E-state index in [1.54, 1.807) is 0 Å². The maximum absolute atomic E-state index is 12.5. The highest BCUT2D eigenvalue weighted by Crippen LogP contribution is 2.34. The molecule has 2 rings (SSSR count). The van der Waals surface area contributed by atoms with E-state index in [2.05, 4.69) is 0 Å². The van der Waals surface area contributed by atoms with Gasteiger partial charge < -0.3 is 10.6 Å². The van der Waals surface area contributed by atoms with Crippen molar-refractivity contribution < 1.29 is 4.79 Å². The third-order valence-corrected chi connectivity index (χ3v) is 4.18. The van der Waals surface area contributed by atoms with Gasteiger partial charge in [0.1, 0.15) is 0 Å². The minimum atomic E-state index is -0.139. The molecule has 1 heterocycles. The number of hydrogen-bond donors (Lipinski definition) is 1. The van der Waals surface area contributed by atoms with Crippen LogP contribution in [0.25, 0.3) is 0 Å². The van der Waals surface area contributed by atoms with Crippen molar-refractivity contribution in [3.63, 3.8) is 0 Å². The second-order valence-corrected chi connectivity index (χ2v) is 5.83. The van der Waals surface area contributed by atoms with E-state index in [-0.39, 0.29) is 23.9 Å². The fourth-order valence-electron chi connectivity index (χ4n) is 2.58. The van der Waals surface area contributed by atoms with Crippen molar-refractivity contribution in [1.82, 2.24) is 4.90 Å². The number of rotatable bonds is 3. The normalized spacial score (nSPS) is 22.3. The van der Waals surface area contributed by atoms with Gasteiger partial charge in [0, 0.05) is 17.6 Å². The summed E-state index contributed by atoms with van der Waals surface area (Å²) in [5.74, 6) is 0.0114. The summed E-state index contributed by atoms with van der Waals surface area (Å²) >= 11 is 6.04. The summed E-state index contributed by atoms with van der Waals surface area (Å²) in [5, 5.41) is 0.719. The lowest BCUT2D eigenvalue weighted by Crippen LogP contribution is -2.41. The Bertz CT molecular complexity index is 461. The Hall–Kier alpha value is -1.06. The number of benzene rings is 1. The molecule has 0 spiro atoms. The minimum Gasteiger partial charge on any atom is -0.335 e. The van der Waals surface area contributed by atoms with Gasteiger partial charge in [0.2, 0.25) is 5.91 Å². The molecule has 0 bridgehead atoms. The number of carbonyl (C=O) groups excluding carboxylic acids is 1. The highest BCUT2D eigenvalue weighted by atomic mass is 35.5. The lowest BCUT2D eigenvalue weighted by molar-refractivity contribution is -0.136. The maximum Gasteiger partial charge on any atom is 0.227 e. The van der Waals surface area contributed by atoms with E-state index in [1.165, 1.54) is 0 Å². The van der Waals surface area contributed by atoms with Crippen molar-refractivity contribution in [1.29, 1.82) is 0 Å². The Morgan fingerprint density at radius 1 is 1.47 bits per heavy atom. The number of carbonyl (C=O) groups is 1. The van der Waals surface area contributed by atoms with Crippen molar-refractivity contribution in [3.05, 3.63) is 34.9 Å². The quantitative estimate of drug-likeness (QED) is 0.925. The molecule has 104 valence electrons. The highest BCUT2D eigenvalue weighted by Gasteiger charge is 2.33. The van der Waals surface area contributed by atoms with Crippen LogP contribution >= 0.6 is 11.6 Å². The molecule has 4 heteroatoms. The molecule has 3 atom stereocenters. The van der Waals surface area contributed by atoms with E-state index in [9.17, 15) is 4.79 Å². The molecular formula is C15H21ClN2O. The predicted molar refractivity (Wildman–Crippen MR) is 78.0 cm³/mol. The van der Waals surface area contributed by atoms with Crippen LogP contribution in [0.2, 0.25) is 5.02 Å². The lowest BCUT2D eigenvalue weighted by Gasteiger charge is -2.29. The zero-order valence-corrected chi connectivity index (χ0v) is 12.2. The van der Waals surface area contributed by atoms with E-state index in [1.807, 2.05) is 43.0 Å². The first-order valence-corrected chi connectivity index (χ1v) is 7.20. The summed E-state index contributed by atoms with van der Waals surface area (Å²) < 4.78 is 0. The van der Waals surface area contributed by atoms with Crippen molar-refractivity contribution in [2.75, 3.05) is 6.54 Å². The first kappa shape index (κ1) is 14.4. The SMILES string of the molecule is CC(N)C(C)C(=O)N1CCCC1c1cccc(Cl)c1. The van der Waals surface area contributed by atoms with Crippen LogP contribution in [0.4, 0.5) is 0 Å². The molecule has 1 saturated heterocycles. The third-order valence-electron chi connectivity index (χ3n) is 3.95. The standard InChI is InChI=1S/C15H21ClN2O/c1-10(11(2)17)15(19)18-8-4-7-14(18)12-5-3-6-13(16)9-12/h3,5-6,9-11,14H,4,7-8,17H2,1-2H3. The topological polar surface area (TPSA) is 46.3 Å². The summed E-state index contributed by atoms with van der Waals surface area (Å²) in [7, 11) is 0. The van der Waals surface area contributed by atoms with Gasteiger partial charge in [-0.15, -0.1) is 0 Å². The van der Waals surface area contributed by atoms with Crippen LogP contribution in [-0.2, 0) is 4.79 Å². The van der Waals surface area contributed by atoms with Gasteiger partial charge in [-0.1, -0.05) is 30.7 Å². The van der Waals surface area contributed by atoms with Gasteiger partial charge in [0.05, 0.1) is 12.0 Å². The molecule has 19 heavy (non-hydrogen) atoms. The van der Waals surface area contributed by atoms with Gasteiger partial charge in [-0.2, -0.15) is 0 Å². The predicted octanol–water partition coefficient (Wildman–Crippen LogP) is 2.99. The van der Waals surface area contributed by atoms with Gasteiger partial charge in [-0.05, 0) is 37.5 Å². The van der Waals surface area contributed by atoms with Gasteiger partial charge in [0.15, 0.2) is 0 Å². The van der Waals surface area contributed by atoms with E-state index < -0.39 is 0 Å². The molecule has 1 fully saturated rings.